The third-order valence-electron chi connectivity index (χ3n) is 5.13. The Hall–Kier alpha value is -2.13. The van der Waals surface area contributed by atoms with Crippen LogP contribution in [0.5, 0.6) is 0 Å². The van der Waals surface area contributed by atoms with Crippen molar-refractivity contribution in [1.29, 1.82) is 0 Å². The van der Waals surface area contributed by atoms with Gasteiger partial charge in [0.1, 0.15) is 0 Å². The van der Waals surface area contributed by atoms with Crippen molar-refractivity contribution in [3.05, 3.63) is 70.8 Å². The Morgan fingerprint density at radius 3 is 2.54 bits per heavy atom. The molecular weight excluding hydrogens is 322 g/mol. The molecule has 3 nitrogen and oxygen atoms in total. The average molecular weight is 351 g/mol. The summed E-state index contributed by atoms with van der Waals surface area (Å²) in [6, 6.07) is 16.8. The molecule has 3 rings (SSSR count). The molecule has 2 aromatic rings. The number of carbonyl (C=O) groups excluding carboxylic acids is 1. The van der Waals surface area contributed by atoms with Gasteiger partial charge in [-0.25, -0.2) is 0 Å². The van der Waals surface area contributed by atoms with Gasteiger partial charge in [-0.2, -0.15) is 0 Å². The average Bonchev–Trinajstić information content (AvgIpc) is 2.64. The second-order valence-electron chi connectivity index (χ2n) is 7.97. The maximum Gasteiger partial charge on any atom is 0.223 e. The summed E-state index contributed by atoms with van der Waals surface area (Å²) < 4.78 is 0. The van der Waals surface area contributed by atoms with Crippen LogP contribution in [0, 0.1) is 0 Å². The zero-order valence-corrected chi connectivity index (χ0v) is 15.9. The molecule has 3 heteroatoms. The number of hydrogen-bond acceptors (Lipinski definition) is 2. The Morgan fingerprint density at radius 1 is 1.04 bits per heavy atom. The lowest BCUT2D eigenvalue weighted by molar-refractivity contribution is -0.132. The van der Waals surface area contributed by atoms with Gasteiger partial charge in [-0.3, -0.25) is 4.79 Å². The van der Waals surface area contributed by atoms with Crippen molar-refractivity contribution in [2.24, 2.45) is 0 Å². The second kappa shape index (κ2) is 8.05. The molecule has 1 heterocycles. The largest absolute Gasteiger partial charge is 0.390 e. The fourth-order valence-electron chi connectivity index (χ4n) is 3.48. The lowest BCUT2D eigenvalue weighted by Crippen LogP contribution is -2.36. The number of aliphatic hydroxyl groups is 1. The molecule has 0 bridgehead atoms. The smallest absolute Gasteiger partial charge is 0.223 e. The predicted molar refractivity (Wildman–Crippen MR) is 105 cm³/mol. The van der Waals surface area contributed by atoms with Gasteiger partial charge in [-0.15, -0.1) is 0 Å². The maximum absolute atomic E-state index is 12.6. The molecule has 0 unspecified atom stereocenters. The van der Waals surface area contributed by atoms with Gasteiger partial charge in [0.15, 0.2) is 0 Å². The van der Waals surface area contributed by atoms with Crippen LogP contribution in [0.25, 0.3) is 0 Å². The number of fused-ring (bicyclic) bond motifs is 1. The Labute approximate surface area is 156 Å². The quantitative estimate of drug-likeness (QED) is 0.857. The summed E-state index contributed by atoms with van der Waals surface area (Å²) in [7, 11) is 0. The van der Waals surface area contributed by atoms with E-state index >= 15 is 0 Å². The SMILES string of the molecule is CC(C)(O)CCc1ccc2c(c1)CCN(C(=O)CCc1ccccc1)C2. The third kappa shape index (κ3) is 5.18. The molecule has 2 aromatic carbocycles. The molecule has 0 saturated heterocycles. The lowest BCUT2D eigenvalue weighted by Gasteiger charge is -2.29. The summed E-state index contributed by atoms with van der Waals surface area (Å²) in [6.45, 7) is 5.22. The van der Waals surface area contributed by atoms with Crippen LogP contribution in [0.2, 0.25) is 0 Å². The van der Waals surface area contributed by atoms with Crippen LogP contribution in [0.4, 0.5) is 0 Å². The summed E-state index contributed by atoms with van der Waals surface area (Å²) in [4.78, 5) is 14.5. The van der Waals surface area contributed by atoms with Crippen LogP contribution in [-0.2, 0) is 30.6 Å². The van der Waals surface area contributed by atoms with Crippen molar-refractivity contribution >= 4 is 5.91 Å². The fraction of sp³-hybridized carbons (Fsp3) is 0.435. The number of benzene rings is 2. The molecule has 138 valence electrons. The molecule has 1 aliphatic rings. The topological polar surface area (TPSA) is 40.5 Å². The van der Waals surface area contributed by atoms with E-state index < -0.39 is 5.60 Å². The van der Waals surface area contributed by atoms with E-state index in [1.807, 2.05) is 36.9 Å². The van der Waals surface area contributed by atoms with Crippen LogP contribution in [0.3, 0.4) is 0 Å². The number of carbonyl (C=O) groups is 1. The van der Waals surface area contributed by atoms with Gasteiger partial charge in [0.2, 0.25) is 5.91 Å². The van der Waals surface area contributed by atoms with Crippen LogP contribution >= 0.6 is 0 Å². The molecule has 1 amide bonds. The monoisotopic (exact) mass is 351 g/mol. The second-order valence-corrected chi connectivity index (χ2v) is 7.97. The Bertz CT molecular complexity index is 747. The summed E-state index contributed by atoms with van der Waals surface area (Å²) in [5.41, 5.74) is 4.48. The van der Waals surface area contributed by atoms with Crippen molar-refractivity contribution in [1.82, 2.24) is 4.90 Å². The zero-order chi connectivity index (χ0) is 18.6. The molecular formula is C23H29NO2. The molecule has 0 atom stereocenters. The zero-order valence-electron chi connectivity index (χ0n) is 15.9. The molecule has 0 radical (unpaired) electrons. The molecule has 0 aromatic heterocycles. The molecule has 0 aliphatic carbocycles. The van der Waals surface area contributed by atoms with Gasteiger partial charge < -0.3 is 10.0 Å². The van der Waals surface area contributed by atoms with Gasteiger partial charge >= 0.3 is 0 Å². The molecule has 26 heavy (non-hydrogen) atoms. The van der Waals surface area contributed by atoms with Crippen LogP contribution < -0.4 is 0 Å². The Kier molecular flexibility index (Phi) is 5.77. The first kappa shape index (κ1) is 18.7. The van der Waals surface area contributed by atoms with Crippen molar-refractivity contribution in [3.63, 3.8) is 0 Å². The first-order valence-corrected chi connectivity index (χ1v) is 9.55. The summed E-state index contributed by atoms with van der Waals surface area (Å²) in [5.74, 6) is 0.241. The van der Waals surface area contributed by atoms with E-state index in [0.29, 0.717) is 13.0 Å². The minimum Gasteiger partial charge on any atom is -0.390 e. The normalized spacial score (nSPS) is 14.2. The number of aryl methyl sites for hydroxylation is 2. The highest BCUT2D eigenvalue weighted by molar-refractivity contribution is 5.76. The maximum atomic E-state index is 12.6. The molecule has 0 saturated carbocycles. The minimum absolute atomic E-state index is 0.241. The standard InChI is InChI=1S/C23H29NO2/c1-23(2,26)14-12-19-8-10-21-17-24(15-13-20(21)16-19)22(25)11-9-18-6-4-3-5-7-18/h3-8,10,16,26H,9,11-15,17H2,1-2H3. The first-order chi connectivity index (χ1) is 12.4. The van der Waals surface area contributed by atoms with E-state index in [1.54, 1.807) is 0 Å². The van der Waals surface area contributed by atoms with E-state index in [2.05, 4.69) is 30.3 Å². The molecule has 1 aliphatic heterocycles. The highest BCUT2D eigenvalue weighted by atomic mass is 16.3. The van der Waals surface area contributed by atoms with Crippen molar-refractivity contribution in [2.75, 3.05) is 6.54 Å². The summed E-state index contributed by atoms with van der Waals surface area (Å²) in [5, 5.41) is 9.90. The van der Waals surface area contributed by atoms with Crippen molar-refractivity contribution in [3.8, 4) is 0 Å². The molecule has 0 fully saturated rings. The molecule has 0 spiro atoms. The van der Waals surface area contributed by atoms with Crippen LogP contribution in [0.1, 0.15) is 48.9 Å². The highest BCUT2D eigenvalue weighted by Gasteiger charge is 2.21. The van der Waals surface area contributed by atoms with Gasteiger partial charge in [0.25, 0.3) is 0 Å². The minimum atomic E-state index is -0.627. The van der Waals surface area contributed by atoms with Crippen molar-refractivity contribution < 1.29 is 9.90 Å². The van der Waals surface area contributed by atoms with E-state index in [0.717, 1.165) is 32.2 Å². The number of hydrogen-bond donors (Lipinski definition) is 1. The number of amides is 1. The summed E-state index contributed by atoms with van der Waals surface area (Å²) >= 11 is 0. The third-order valence-corrected chi connectivity index (χ3v) is 5.13. The Morgan fingerprint density at radius 2 is 1.81 bits per heavy atom. The molecule has 1 N–H and O–H groups in total. The predicted octanol–water partition coefficient (Wildman–Crippen LogP) is 3.91. The first-order valence-electron chi connectivity index (χ1n) is 9.55. The number of nitrogens with zero attached hydrogens (tertiary/aromatic N) is 1. The van der Waals surface area contributed by atoms with Crippen molar-refractivity contribution in [2.45, 2.75) is 58.1 Å². The summed E-state index contributed by atoms with van der Waals surface area (Å²) in [6.07, 6.45) is 3.94. The highest BCUT2D eigenvalue weighted by Crippen LogP contribution is 2.23. The fourth-order valence-corrected chi connectivity index (χ4v) is 3.48. The lowest BCUT2D eigenvalue weighted by atomic mass is 9.93. The van der Waals surface area contributed by atoms with Crippen LogP contribution in [0.15, 0.2) is 48.5 Å². The van der Waals surface area contributed by atoms with Gasteiger partial charge in [-0.1, -0.05) is 48.5 Å². The van der Waals surface area contributed by atoms with Gasteiger partial charge in [0, 0.05) is 19.5 Å². The van der Waals surface area contributed by atoms with E-state index in [4.69, 9.17) is 0 Å². The van der Waals surface area contributed by atoms with Gasteiger partial charge in [-0.05, 0) is 61.8 Å². The van der Waals surface area contributed by atoms with E-state index in [1.165, 1.54) is 22.3 Å². The van der Waals surface area contributed by atoms with Crippen LogP contribution in [-0.4, -0.2) is 28.1 Å². The van der Waals surface area contributed by atoms with E-state index in [9.17, 15) is 9.90 Å². The van der Waals surface area contributed by atoms with E-state index in [-0.39, 0.29) is 5.91 Å². The van der Waals surface area contributed by atoms with Gasteiger partial charge in [0.05, 0.1) is 5.60 Å². The Balaban J connectivity index is 1.56. The number of rotatable bonds is 6.